The second-order valence-electron chi connectivity index (χ2n) is 5.10. The van der Waals surface area contributed by atoms with Crippen molar-refractivity contribution >= 4 is 11.6 Å². The number of nitrogens with one attached hydrogen (secondary N) is 2. The Morgan fingerprint density at radius 2 is 2.14 bits per heavy atom. The molecule has 0 spiro atoms. The predicted octanol–water partition coefficient (Wildman–Crippen LogP) is 2.36. The normalized spacial score (nSPS) is 10.4. The number of benzene rings is 1. The van der Waals surface area contributed by atoms with Gasteiger partial charge in [-0.3, -0.25) is 9.48 Å². The van der Waals surface area contributed by atoms with Gasteiger partial charge in [-0.05, 0) is 50.1 Å². The molecule has 0 fully saturated rings. The number of carbonyl (C=O) groups excluding carboxylic acids is 1. The standard InChI is InChI=1S/C16H22N4O/c1-4-17-14-5-6-15(13(3)9-14)16(21)18-7-8-20-11-12(2)10-19-20/h5-6,9-11,17H,4,7-8H2,1-3H3,(H,18,21). The van der Waals surface area contributed by atoms with Gasteiger partial charge in [0.1, 0.15) is 0 Å². The Hall–Kier alpha value is -2.30. The number of anilines is 1. The minimum absolute atomic E-state index is 0.0422. The van der Waals surface area contributed by atoms with E-state index in [1.165, 1.54) is 0 Å². The molecule has 0 atom stereocenters. The van der Waals surface area contributed by atoms with E-state index < -0.39 is 0 Å². The van der Waals surface area contributed by atoms with Crippen molar-refractivity contribution in [2.24, 2.45) is 0 Å². The lowest BCUT2D eigenvalue weighted by Gasteiger charge is -2.10. The van der Waals surface area contributed by atoms with E-state index in [1.54, 1.807) is 0 Å². The van der Waals surface area contributed by atoms with Crippen LogP contribution in [0.25, 0.3) is 0 Å². The molecule has 0 aliphatic heterocycles. The molecule has 5 heteroatoms. The molecule has 21 heavy (non-hydrogen) atoms. The largest absolute Gasteiger partial charge is 0.385 e. The zero-order chi connectivity index (χ0) is 15.2. The summed E-state index contributed by atoms with van der Waals surface area (Å²) in [6.07, 6.45) is 3.77. The van der Waals surface area contributed by atoms with Gasteiger partial charge in [0.25, 0.3) is 5.91 Å². The summed E-state index contributed by atoms with van der Waals surface area (Å²) in [5.74, 6) is -0.0422. The highest BCUT2D eigenvalue weighted by Gasteiger charge is 2.08. The maximum absolute atomic E-state index is 12.2. The first-order chi connectivity index (χ1) is 10.1. The van der Waals surface area contributed by atoms with Crippen LogP contribution in [-0.2, 0) is 6.54 Å². The molecule has 2 N–H and O–H groups in total. The lowest BCUT2D eigenvalue weighted by Crippen LogP contribution is -2.28. The highest BCUT2D eigenvalue weighted by atomic mass is 16.1. The van der Waals surface area contributed by atoms with Gasteiger partial charge >= 0.3 is 0 Å². The molecule has 0 aliphatic rings. The molecule has 5 nitrogen and oxygen atoms in total. The van der Waals surface area contributed by atoms with Gasteiger partial charge in [-0.15, -0.1) is 0 Å². The van der Waals surface area contributed by atoms with Crippen LogP contribution in [0.1, 0.15) is 28.4 Å². The zero-order valence-corrected chi connectivity index (χ0v) is 12.8. The second-order valence-corrected chi connectivity index (χ2v) is 5.10. The molecule has 1 heterocycles. The van der Waals surface area contributed by atoms with Crippen molar-refractivity contribution in [1.29, 1.82) is 0 Å². The van der Waals surface area contributed by atoms with Crippen LogP contribution < -0.4 is 10.6 Å². The molecule has 1 amide bonds. The highest BCUT2D eigenvalue weighted by molar-refractivity contribution is 5.96. The fraction of sp³-hybridized carbons (Fsp3) is 0.375. The summed E-state index contributed by atoms with van der Waals surface area (Å²) >= 11 is 0. The Bertz CT molecular complexity index is 618. The van der Waals surface area contributed by atoms with E-state index >= 15 is 0 Å². The van der Waals surface area contributed by atoms with E-state index in [1.807, 2.05) is 56.0 Å². The number of hydrogen-bond donors (Lipinski definition) is 2. The second kappa shape index (κ2) is 6.92. The van der Waals surface area contributed by atoms with E-state index in [2.05, 4.69) is 15.7 Å². The highest BCUT2D eigenvalue weighted by Crippen LogP contribution is 2.14. The summed E-state index contributed by atoms with van der Waals surface area (Å²) in [5, 5.41) is 10.4. The monoisotopic (exact) mass is 286 g/mol. The SMILES string of the molecule is CCNc1ccc(C(=O)NCCn2cc(C)cn2)c(C)c1. The molecular formula is C16H22N4O. The van der Waals surface area contributed by atoms with Crippen LogP contribution in [0.5, 0.6) is 0 Å². The molecule has 0 aliphatic carbocycles. The fourth-order valence-electron chi connectivity index (χ4n) is 2.20. The summed E-state index contributed by atoms with van der Waals surface area (Å²) in [6, 6.07) is 5.79. The Morgan fingerprint density at radius 3 is 2.76 bits per heavy atom. The Labute approximate surface area is 125 Å². The summed E-state index contributed by atoms with van der Waals surface area (Å²) in [7, 11) is 0. The van der Waals surface area contributed by atoms with Crippen LogP contribution >= 0.6 is 0 Å². The van der Waals surface area contributed by atoms with Crippen molar-refractivity contribution in [2.75, 3.05) is 18.4 Å². The van der Waals surface area contributed by atoms with Crippen LogP contribution in [0.4, 0.5) is 5.69 Å². The van der Waals surface area contributed by atoms with Gasteiger partial charge in [0, 0.05) is 30.5 Å². The molecule has 0 radical (unpaired) electrons. The lowest BCUT2D eigenvalue weighted by molar-refractivity contribution is 0.0951. The van der Waals surface area contributed by atoms with Gasteiger partial charge in [-0.25, -0.2) is 0 Å². The minimum Gasteiger partial charge on any atom is -0.385 e. The maximum atomic E-state index is 12.2. The molecule has 1 aromatic heterocycles. The molecule has 1 aromatic carbocycles. The summed E-state index contributed by atoms with van der Waals surface area (Å²) in [6.45, 7) is 8.10. The molecule has 112 valence electrons. The molecule has 0 unspecified atom stereocenters. The van der Waals surface area contributed by atoms with Crippen molar-refractivity contribution in [3.63, 3.8) is 0 Å². The van der Waals surface area contributed by atoms with E-state index in [4.69, 9.17) is 0 Å². The first-order valence-corrected chi connectivity index (χ1v) is 7.22. The van der Waals surface area contributed by atoms with Crippen molar-refractivity contribution in [2.45, 2.75) is 27.3 Å². The zero-order valence-electron chi connectivity index (χ0n) is 12.8. The first kappa shape index (κ1) is 15.1. The van der Waals surface area contributed by atoms with Crippen LogP contribution in [0.15, 0.2) is 30.6 Å². The topological polar surface area (TPSA) is 59.0 Å². The number of nitrogens with zero attached hydrogens (tertiary/aromatic N) is 2. The van der Waals surface area contributed by atoms with Gasteiger partial charge in [-0.2, -0.15) is 5.10 Å². The van der Waals surface area contributed by atoms with E-state index in [-0.39, 0.29) is 5.91 Å². The summed E-state index contributed by atoms with van der Waals surface area (Å²) < 4.78 is 1.83. The average Bonchev–Trinajstić information content (AvgIpc) is 2.85. The van der Waals surface area contributed by atoms with Crippen LogP contribution in [-0.4, -0.2) is 28.8 Å². The van der Waals surface area contributed by atoms with Gasteiger partial charge in [0.2, 0.25) is 0 Å². The number of carbonyl (C=O) groups is 1. The smallest absolute Gasteiger partial charge is 0.251 e. The Morgan fingerprint density at radius 1 is 1.33 bits per heavy atom. The van der Waals surface area contributed by atoms with Gasteiger partial charge in [0.15, 0.2) is 0 Å². The number of amides is 1. The summed E-state index contributed by atoms with van der Waals surface area (Å²) in [5.41, 5.74) is 3.85. The predicted molar refractivity (Wildman–Crippen MR) is 84.6 cm³/mol. The van der Waals surface area contributed by atoms with Crippen LogP contribution in [0.2, 0.25) is 0 Å². The molecule has 0 bridgehead atoms. The number of aromatic nitrogens is 2. The van der Waals surface area contributed by atoms with Crippen molar-refractivity contribution < 1.29 is 4.79 Å². The fourth-order valence-corrected chi connectivity index (χ4v) is 2.20. The molecule has 0 saturated heterocycles. The van der Waals surface area contributed by atoms with E-state index in [0.29, 0.717) is 18.7 Å². The Kier molecular flexibility index (Phi) is 4.98. The maximum Gasteiger partial charge on any atom is 0.251 e. The summed E-state index contributed by atoms with van der Waals surface area (Å²) in [4.78, 5) is 12.2. The third kappa shape index (κ3) is 4.08. The first-order valence-electron chi connectivity index (χ1n) is 7.22. The lowest BCUT2D eigenvalue weighted by atomic mass is 10.1. The van der Waals surface area contributed by atoms with Crippen molar-refractivity contribution in [3.05, 3.63) is 47.3 Å². The van der Waals surface area contributed by atoms with Gasteiger partial charge in [0.05, 0.1) is 12.7 Å². The quantitative estimate of drug-likeness (QED) is 0.857. The van der Waals surface area contributed by atoms with Crippen molar-refractivity contribution in [3.8, 4) is 0 Å². The number of rotatable bonds is 6. The third-order valence-corrected chi connectivity index (χ3v) is 3.24. The van der Waals surface area contributed by atoms with Crippen molar-refractivity contribution in [1.82, 2.24) is 15.1 Å². The molecular weight excluding hydrogens is 264 g/mol. The third-order valence-electron chi connectivity index (χ3n) is 3.24. The van der Waals surface area contributed by atoms with Gasteiger partial charge in [-0.1, -0.05) is 0 Å². The van der Waals surface area contributed by atoms with Crippen LogP contribution in [0.3, 0.4) is 0 Å². The van der Waals surface area contributed by atoms with Gasteiger partial charge < -0.3 is 10.6 Å². The van der Waals surface area contributed by atoms with Crippen LogP contribution in [0, 0.1) is 13.8 Å². The van der Waals surface area contributed by atoms with E-state index in [0.717, 1.165) is 23.4 Å². The Balaban J connectivity index is 1.91. The molecule has 2 rings (SSSR count). The van der Waals surface area contributed by atoms with E-state index in [9.17, 15) is 4.79 Å². The number of hydrogen-bond acceptors (Lipinski definition) is 3. The average molecular weight is 286 g/mol. The molecule has 2 aromatic rings. The number of aryl methyl sites for hydroxylation is 2. The molecule has 0 saturated carbocycles. The minimum atomic E-state index is -0.0422.